The van der Waals surface area contributed by atoms with Gasteiger partial charge in [0.2, 0.25) is 5.79 Å². The van der Waals surface area contributed by atoms with Gasteiger partial charge in [0.1, 0.15) is 30.1 Å². The predicted octanol–water partition coefficient (Wildman–Crippen LogP) is 6.57. The molecule has 372 valence electrons. The molecular weight excluding hydrogens is 847 g/mol. The number of aliphatic hydroxyl groups is 3. The van der Waals surface area contributed by atoms with E-state index in [1.165, 1.54) is 12.0 Å². The molecule has 0 spiro atoms. The summed E-state index contributed by atoms with van der Waals surface area (Å²) < 4.78 is 29.5. The number of hydrogen-bond donors (Lipinski definition) is 3. The van der Waals surface area contributed by atoms with Gasteiger partial charge in [-0.2, -0.15) is 0 Å². The van der Waals surface area contributed by atoms with Crippen LogP contribution in [-0.2, 0) is 47.7 Å². The lowest BCUT2D eigenvalue weighted by Gasteiger charge is -2.42. The maximum Gasteiger partial charge on any atom is 0.329 e. The number of carbonyl (C=O) groups is 5. The number of esters is 1. The van der Waals surface area contributed by atoms with Crippen LogP contribution in [0, 0.1) is 35.5 Å². The fourth-order valence-electron chi connectivity index (χ4n) is 10.4. The number of rotatable bonds is 7. The zero-order chi connectivity index (χ0) is 48.9. The monoisotopic (exact) mass is 928 g/mol. The van der Waals surface area contributed by atoms with Crippen LogP contribution in [0.3, 0.4) is 0 Å². The molecule has 0 aromatic carbocycles. The molecule has 3 fully saturated rings. The molecule has 0 aromatic heterocycles. The van der Waals surface area contributed by atoms with Gasteiger partial charge in [0.15, 0.2) is 5.78 Å². The number of piperidine rings is 1. The van der Waals surface area contributed by atoms with Gasteiger partial charge < -0.3 is 43.9 Å². The SMILES string of the molecule is CC[C@@H]1/C=C(/C)[C@@H](O)[C@@H](OC)C(=O)[C@H](C)C[C@H](C)/C=C\C=CC=C(C)[C@@H](OC)C[C@H]2CC[C@@H](C)[C@@](O)(O2)C(=O)C(=O)N2CCCC[C@H]2C(=O)O[C@@H]([C@@H](C)C[C@@H]2CC[C@@H](O)[C@H](OC)C2)CC1=O. The highest BCUT2D eigenvalue weighted by atomic mass is 16.6. The number of methoxy groups -OCH3 is 3. The molecule has 4 aliphatic rings. The summed E-state index contributed by atoms with van der Waals surface area (Å²) >= 11 is 0. The molecule has 66 heavy (non-hydrogen) atoms. The summed E-state index contributed by atoms with van der Waals surface area (Å²) in [6.07, 6.45) is 11.6. The summed E-state index contributed by atoms with van der Waals surface area (Å²) in [5, 5.41) is 34.0. The molecule has 0 aromatic rings. The molecule has 1 aliphatic carbocycles. The Morgan fingerprint density at radius 2 is 1.59 bits per heavy atom. The first kappa shape index (κ1) is 55.2. The molecule has 4 rings (SSSR count). The van der Waals surface area contributed by atoms with Crippen LogP contribution in [0.2, 0.25) is 0 Å². The van der Waals surface area contributed by atoms with Crippen LogP contribution in [0.4, 0.5) is 0 Å². The Balaban J connectivity index is 1.72. The lowest BCUT2D eigenvalue weighted by molar-refractivity contribution is -0.265. The third kappa shape index (κ3) is 14.3. The molecule has 3 heterocycles. The van der Waals surface area contributed by atoms with E-state index in [4.69, 9.17) is 23.7 Å². The highest BCUT2D eigenvalue weighted by Crippen LogP contribution is 2.38. The van der Waals surface area contributed by atoms with Crippen LogP contribution < -0.4 is 0 Å². The van der Waals surface area contributed by atoms with Crippen molar-refractivity contribution in [3.8, 4) is 0 Å². The van der Waals surface area contributed by atoms with E-state index in [1.54, 1.807) is 34.1 Å². The number of amides is 1. The van der Waals surface area contributed by atoms with Crippen molar-refractivity contribution in [2.75, 3.05) is 27.9 Å². The Morgan fingerprint density at radius 1 is 0.864 bits per heavy atom. The van der Waals surface area contributed by atoms with Crippen LogP contribution >= 0.6 is 0 Å². The Bertz CT molecular complexity index is 1770. The van der Waals surface area contributed by atoms with Gasteiger partial charge in [-0.15, -0.1) is 0 Å². The second-order valence-corrected chi connectivity index (χ2v) is 19.8. The first-order valence-corrected chi connectivity index (χ1v) is 24.5. The van der Waals surface area contributed by atoms with Gasteiger partial charge in [-0.25, -0.2) is 4.79 Å². The van der Waals surface area contributed by atoms with Gasteiger partial charge in [0.05, 0.1) is 24.4 Å². The average Bonchev–Trinajstić information content (AvgIpc) is 3.30. The highest BCUT2D eigenvalue weighted by Gasteiger charge is 2.53. The van der Waals surface area contributed by atoms with Crippen LogP contribution in [0.25, 0.3) is 0 Å². The van der Waals surface area contributed by atoms with E-state index < -0.39 is 83.9 Å². The molecular formula is C52H81NO13. The molecule has 0 unspecified atom stereocenters. The van der Waals surface area contributed by atoms with Gasteiger partial charge in [-0.3, -0.25) is 19.2 Å². The predicted molar refractivity (Wildman–Crippen MR) is 250 cm³/mol. The van der Waals surface area contributed by atoms with Crippen LogP contribution in [0.5, 0.6) is 0 Å². The van der Waals surface area contributed by atoms with Crippen molar-refractivity contribution in [3.63, 3.8) is 0 Å². The topological polar surface area (TPSA) is 195 Å². The van der Waals surface area contributed by atoms with E-state index in [1.807, 2.05) is 65.0 Å². The number of aliphatic hydroxyl groups excluding tert-OH is 2. The third-order valence-corrected chi connectivity index (χ3v) is 14.8. The lowest BCUT2D eigenvalue weighted by Crippen LogP contribution is -2.61. The van der Waals surface area contributed by atoms with Gasteiger partial charge in [-0.1, -0.05) is 71.1 Å². The Hall–Kier alpha value is -3.37. The summed E-state index contributed by atoms with van der Waals surface area (Å²) in [7, 11) is 4.53. The number of hydrogen-bond acceptors (Lipinski definition) is 13. The summed E-state index contributed by atoms with van der Waals surface area (Å²) in [6, 6.07) is -1.14. The molecule has 1 amide bonds. The molecule has 0 radical (unpaired) electrons. The minimum Gasteiger partial charge on any atom is -0.460 e. The molecule has 2 bridgehead atoms. The average molecular weight is 928 g/mol. The first-order valence-electron chi connectivity index (χ1n) is 24.5. The fourth-order valence-corrected chi connectivity index (χ4v) is 10.4. The molecule has 3 aliphatic heterocycles. The zero-order valence-electron chi connectivity index (χ0n) is 41.3. The highest BCUT2D eigenvalue weighted by molar-refractivity contribution is 6.39. The summed E-state index contributed by atoms with van der Waals surface area (Å²) in [5.41, 5.74) is 1.29. The Labute approximate surface area is 393 Å². The molecule has 14 heteroatoms. The summed E-state index contributed by atoms with van der Waals surface area (Å²) in [4.78, 5) is 72.2. The fraction of sp³-hybridized carbons (Fsp3) is 0.750. The zero-order valence-corrected chi connectivity index (χ0v) is 41.3. The number of nitrogens with zero attached hydrogens (tertiary/aromatic N) is 1. The number of ether oxygens (including phenoxy) is 5. The number of Topliss-reactive ketones (excluding diaryl/α,β-unsaturated/α-hetero) is 3. The second kappa shape index (κ2) is 25.8. The molecule has 15 atom stereocenters. The first-order chi connectivity index (χ1) is 31.3. The van der Waals surface area contributed by atoms with E-state index in [0.717, 1.165) is 12.0 Å². The van der Waals surface area contributed by atoms with Crippen LogP contribution in [0.15, 0.2) is 47.6 Å². The number of carbonyl (C=O) groups excluding carboxylic acids is 5. The van der Waals surface area contributed by atoms with Crippen molar-refractivity contribution < 1.29 is 63.0 Å². The third-order valence-electron chi connectivity index (χ3n) is 14.8. The second-order valence-electron chi connectivity index (χ2n) is 19.8. The quantitative estimate of drug-likeness (QED) is 0.141. The minimum absolute atomic E-state index is 0.0188. The maximum atomic E-state index is 14.4. The van der Waals surface area contributed by atoms with E-state index in [-0.39, 0.29) is 54.8 Å². The van der Waals surface area contributed by atoms with E-state index in [0.29, 0.717) is 69.8 Å². The largest absolute Gasteiger partial charge is 0.460 e. The van der Waals surface area contributed by atoms with Crippen molar-refractivity contribution in [2.45, 2.75) is 186 Å². The normalized spacial score (nSPS) is 38.7. The van der Waals surface area contributed by atoms with Crippen LogP contribution in [-0.4, -0.2) is 132 Å². The number of cyclic esters (lactones) is 1. The number of allylic oxidation sites excluding steroid dienone is 6. The minimum atomic E-state index is -2.43. The van der Waals surface area contributed by atoms with Gasteiger partial charge in [0.25, 0.3) is 11.7 Å². The van der Waals surface area contributed by atoms with E-state index in [2.05, 4.69) is 0 Å². The molecule has 1 saturated carbocycles. The lowest BCUT2D eigenvalue weighted by atomic mass is 9.78. The maximum absolute atomic E-state index is 14.4. The summed E-state index contributed by atoms with van der Waals surface area (Å²) in [5.74, 6) is -7.86. The van der Waals surface area contributed by atoms with Crippen molar-refractivity contribution in [1.29, 1.82) is 0 Å². The van der Waals surface area contributed by atoms with Gasteiger partial charge >= 0.3 is 5.97 Å². The van der Waals surface area contributed by atoms with Crippen molar-refractivity contribution >= 4 is 29.2 Å². The smallest absolute Gasteiger partial charge is 0.329 e. The molecule has 3 N–H and O–H groups in total. The summed E-state index contributed by atoms with van der Waals surface area (Å²) in [6.45, 7) is 12.9. The number of fused-ring (bicyclic) bond motifs is 3. The van der Waals surface area contributed by atoms with Gasteiger partial charge in [-0.05, 0) is 113 Å². The van der Waals surface area contributed by atoms with Gasteiger partial charge in [0, 0.05) is 58.5 Å². The van der Waals surface area contributed by atoms with Crippen molar-refractivity contribution in [2.24, 2.45) is 35.5 Å². The Morgan fingerprint density at radius 3 is 2.26 bits per heavy atom. The van der Waals surface area contributed by atoms with Crippen molar-refractivity contribution in [1.82, 2.24) is 4.90 Å². The van der Waals surface area contributed by atoms with E-state index in [9.17, 15) is 39.3 Å². The molecule has 14 nitrogen and oxygen atoms in total. The Kier molecular flexibility index (Phi) is 21.6. The van der Waals surface area contributed by atoms with Crippen molar-refractivity contribution in [3.05, 3.63) is 47.6 Å². The van der Waals surface area contributed by atoms with E-state index >= 15 is 0 Å². The number of ketones is 3. The van der Waals surface area contributed by atoms with Crippen LogP contribution in [0.1, 0.15) is 132 Å². The molecule has 2 saturated heterocycles. The standard InChI is InChI=1S/C52H81NO13/c1-11-38-27-35(6)47(57)48(64-10)46(56)34(5)25-31(2)17-13-12-14-18-32(3)43(62-8)29-39-22-20-36(7)52(61,66-39)49(58)50(59)53-24-16-15-19-40(53)51(60)65-44(30-42(38)55)33(4)26-37-21-23-41(54)45(28-37)63-9/h12-14,17-18,27,31,33-34,36-41,43-45,47-48,54,57,61H,11,15-16,19-26,28-30H2,1-10H3/b14-12?,17-13-,32-18?,35-27-/t31-,33+,34-,36-,37+,38-,39-,40+,41-,43+,44-,45-,47-,48+,52-/m1/s1.